The molecule has 0 N–H and O–H groups in total. The molecule has 0 aliphatic rings. The first-order valence-corrected chi connectivity index (χ1v) is 10.6. The number of benzene rings is 2. The molecule has 0 spiro atoms. The second-order valence-electron chi connectivity index (χ2n) is 7.14. The first-order valence-electron chi connectivity index (χ1n) is 9.76. The van der Waals surface area contributed by atoms with Crippen LogP contribution in [0.2, 0.25) is 0 Å². The molecule has 0 unspecified atom stereocenters. The summed E-state index contributed by atoms with van der Waals surface area (Å²) < 4.78 is 5.58. The quantitative estimate of drug-likeness (QED) is 0.445. The monoisotopic (exact) mass is 416 g/mol. The fourth-order valence-corrected chi connectivity index (χ4v) is 4.42. The Balaban J connectivity index is 2.03. The van der Waals surface area contributed by atoms with E-state index in [1.54, 1.807) is 10.8 Å². The molecule has 0 aliphatic heterocycles. The lowest BCUT2D eigenvalue weighted by Gasteiger charge is -2.08. The van der Waals surface area contributed by atoms with Crippen molar-refractivity contribution in [3.05, 3.63) is 99.0 Å². The van der Waals surface area contributed by atoms with E-state index in [-0.39, 0.29) is 5.56 Å². The Labute approximate surface area is 179 Å². The van der Waals surface area contributed by atoms with Crippen LogP contribution < -0.4 is 10.4 Å². The highest BCUT2D eigenvalue weighted by Gasteiger charge is 2.21. The minimum absolute atomic E-state index is 0.0759. The molecule has 0 atom stereocenters. The summed E-state index contributed by atoms with van der Waals surface area (Å²) in [7, 11) is 1.91. The summed E-state index contributed by atoms with van der Waals surface area (Å²) in [6.07, 6.45) is 1.76. The Morgan fingerprint density at radius 2 is 1.77 bits per heavy atom. The maximum Gasteiger partial charge on any atom is 0.296 e. The Morgan fingerprint density at radius 3 is 2.43 bits per heavy atom. The van der Waals surface area contributed by atoms with Crippen molar-refractivity contribution in [2.45, 2.75) is 13.8 Å². The van der Waals surface area contributed by atoms with Gasteiger partial charge in [0.05, 0.1) is 23.6 Å². The lowest BCUT2D eigenvalue weighted by atomic mass is 10.1. The number of hydrogen-bond donors (Lipinski definition) is 0. The van der Waals surface area contributed by atoms with E-state index >= 15 is 0 Å². The third-order valence-corrected chi connectivity index (χ3v) is 6.02. The van der Waals surface area contributed by atoms with E-state index in [1.807, 2.05) is 53.6 Å². The molecular formula is C24H24N4OS. The first-order chi connectivity index (χ1) is 14.5. The Bertz CT molecular complexity index is 1320. The van der Waals surface area contributed by atoms with Gasteiger partial charge in [-0.25, -0.2) is 4.68 Å². The molecule has 4 aromatic rings. The predicted molar refractivity (Wildman–Crippen MR) is 124 cm³/mol. The largest absolute Gasteiger partial charge is 0.296 e. The van der Waals surface area contributed by atoms with Crippen LogP contribution in [-0.2, 0) is 7.05 Å². The molecule has 4 rings (SSSR count). The molecule has 0 amide bonds. The molecule has 152 valence electrons. The summed E-state index contributed by atoms with van der Waals surface area (Å²) in [6, 6.07) is 18.0. The smallest absolute Gasteiger partial charge is 0.283 e. The SMILES string of the molecule is C=CCN=c1scc(-c2ccc(C)cc2)n1-c1c(C)n(C)n(-c2ccccc2)c1=O. The van der Waals surface area contributed by atoms with Crippen molar-refractivity contribution in [1.82, 2.24) is 13.9 Å². The van der Waals surface area contributed by atoms with Crippen LogP contribution in [0.4, 0.5) is 0 Å². The summed E-state index contributed by atoms with van der Waals surface area (Å²) in [5, 5.41) is 2.06. The van der Waals surface area contributed by atoms with Crippen molar-refractivity contribution in [3.63, 3.8) is 0 Å². The van der Waals surface area contributed by atoms with Gasteiger partial charge in [-0.1, -0.05) is 54.1 Å². The normalized spacial score (nSPS) is 11.8. The molecule has 0 bridgehead atoms. The Morgan fingerprint density at radius 1 is 1.07 bits per heavy atom. The summed E-state index contributed by atoms with van der Waals surface area (Å²) in [6.45, 7) is 8.31. The van der Waals surface area contributed by atoms with Crippen LogP contribution in [0.3, 0.4) is 0 Å². The van der Waals surface area contributed by atoms with Crippen molar-refractivity contribution in [2.75, 3.05) is 6.54 Å². The summed E-state index contributed by atoms with van der Waals surface area (Å²) in [5.41, 5.74) is 5.43. The van der Waals surface area contributed by atoms with E-state index in [0.29, 0.717) is 12.2 Å². The van der Waals surface area contributed by atoms with E-state index in [9.17, 15) is 4.79 Å². The van der Waals surface area contributed by atoms with Gasteiger partial charge in [-0.05, 0) is 31.5 Å². The summed E-state index contributed by atoms with van der Waals surface area (Å²) in [4.78, 5) is 19.1. The molecule has 6 heteroatoms. The van der Waals surface area contributed by atoms with Crippen molar-refractivity contribution in [3.8, 4) is 22.6 Å². The standard InChI is InChI=1S/C24H24N4OS/c1-5-15-25-24-27(21(16-30-24)19-13-11-17(2)12-14-19)22-18(3)26(4)28(23(22)29)20-9-7-6-8-10-20/h5-14,16H,1,15H2,2-4H3. The summed E-state index contributed by atoms with van der Waals surface area (Å²) in [5.74, 6) is 0. The van der Waals surface area contributed by atoms with Crippen molar-refractivity contribution in [1.29, 1.82) is 0 Å². The molecule has 2 heterocycles. The third kappa shape index (κ3) is 3.39. The second kappa shape index (κ2) is 8.16. The van der Waals surface area contributed by atoms with Gasteiger partial charge in [0.2, 0.25) is 0 Å². The molecule has 0 radical (unpaired) electrons. The van der Waals surface area contributed by atoms with Crippen LogP contribution in [0.5, 0.6) is 0 Å². The lowest BCUT2D eigenvalue weighted by molar-refractivity contribution is 0.630. The molecule has 0 aliphatic carbocycles. The van der Waals surface area contributed by atoms with Crippen LogP contribution in [-0.4, -0.2) is 20.5 Å². The van der Waals surface area contributed by atoms with Gasteiger partial charge in [0, 0.05) is 12.4 Å². The number of aryl methyl sites for hydroxylation is 1. The van der Waals surface area contributed by atoms with Crippen molar-refractivity contribution < 1.29 is 0 Å². The van der Waals surface area contributed by atoms with Gasteiger partial charge in [0.25, 0.3) is 5.56 Å². The zero-order valence-electron chi connectivity index (χ0n) is 17.4. The minimum Gasteiger partial charge on any atom is -0.283 e. The molecule has 30 heavy (non-hydrogen) atoms. The number of hydrogen-bond acceptors (Lipinski definition) is 3. The zero-order chi connectivity index (χ0) is 21.3. The van der Waals surface area contributed by atoms with Crippen LogP contribution in [0.25, 0.3) is 22.6 Å². The van der Waals surface area contributed by atoms with Gasteiger partial charge in [0.15, 0.2) is 4.80 Å². The van der Waals surface area contributed by atoms with Crippen LogP contribution in [0, 0.1) is 13.8 Å². The molecule has 5 nitrogen and oxygen atoms in total. The fourth-order valence-electron chi connectivity index (χ4n) is 3.52. The fraction of sp³-hybridized carbons (Fsp3) is 0.167. The average Bonchev–Trinajstić information content (AvgIpc) is 3.26. The van der Waals surface area contributed by atoms with E-state index in [1.165, 1.54) is 16.9 Å². The van der Waals surface area contributed by atoms with E-state index < -0.39 is 0 Å². The number of nitrogens with zero attached hydrogens (tertiary/aromatic N) is 4. The van der Waals surface area contributed by atoms with Crippen molar-refractivity contribution in [2.24, 2.45) is 12.0 Å². The maximum absolute atomic E-state index is 13.6. The molecule has 0 saturated carbocycles. The highest BCUT2D eigenvalue weighted by atomic mass is 32.1. The Kier molecular flexibility index (Phi) is 5.42. The van der Waals surface area contributed by atoms with Gasteiger partial charge in [-0.15, -0.1) is 17.9 Å². The second-order valence-corrected chi connectivity index (χ2v) is 7.98. The van der Waals surface area contributed by atoms with Gasteiger partial charge in [-0.2, -0.15) is 0 Å². The molecule has 2 aromatic carbocycles. The van der Waals surface area contributed by atoms with Crippen molar-refractivity contribution >= 4 is 11.3 Å². The van der Waals surface area contributed by atoms with Crippen LogP contribution in [0.15, 0.2) is 82.4 Å². The topological polar surface area (TPSA) is 44.2 Å². The number of rotatable bonds is 5. The highest BCUT2D eigenvalue weighted by Crippen LogP contribution is 2.24. The highest BCUT2D eigenvalue weighted by molar-refractivity contribution is 7.07. The van der Waals surface area contributed by atoms with E-state index in [4.69, 9.17) is 0 Å². The maximum atomic E-state index is 13.6. The van der Waals surface area contributed by atoms with Crippen LogP contribution >= 0.6 is 11.3 Å². The average molecular weight is 417 g/mol. The zero-order valence-corrected chi connectivity index (χ0v) is 18.2. The lowest BCUT2D eigenvalue weighted by Crippen LogP contribution is -2.25. The van der Waals surface area contributed by atoms with Crippen LogP contribution in [0.1, 0.15) is 11.3 Å². The number of para-hydroxylation sites is 1. The van der Waals surface area contributed by atoms with Gasteiger partial charge in [-0.3, -0.25) is 19.0 Å². The van der Waals surface area contributed by atoms with E-state index in [2.05, 4.69) is 48.1 Å². The predicted octanol–water partition coefficient (Wildman–Crippen LogP) is 4.40. The molecule has 0 fully saturated rings. The third-order valence-electron chi connectivity index (χ3n) is 5.16. The molecule has 0 saturated heterocycles. The number of thiazole rings is 1. The Hall–Kier alpha value is -3.38. The van der Waals surface area contributed by atoms with Gasteiger partial charge in [0.1, 0.15) is 5.69 Å². The number of aromatic nitrogens is 3. The van der Waals surface area contributed by atoms with Gasteiger partial charge >= 0.3 is 0 Å². The molecular weight excluding hydrogens is 392 g/mol. The minimum atomic E-state index is -0.0759. The van der Waals surface area contributed by atoms with Gasteiger partial charge < -0.3 is 0 Å². The summed E-state index contributed by atoms with van der Waals surface area (Å²) >= 11 is 1.53. The molecule has 2 aromatic heterocycles. The van der Waals surface area contributed by atoms with E-state index in [0.717, 1.165) is 27.4 Å². The first kappa shape index (κ1) is 19.9.